The maximum Gasteiger partial charge on any atom is 0.227 e. The average molecular weight is 375 g/mol. The van der Waals surface area contributed by atoms with E-state index >= 15 is 0 Å². The first kappa shape index (κ1) is 18.3. The van der Waals surface area contributed by atoms with Gasteiger partial charge < -0.3 is 20.7 Å². The number of fused-ring (bicyclic) bond motifs is 3. The number of hydrogen-bond donors (Lipinski definition) is 2. The molecule has 0 amide bonds. The third kappa shape index (κ3) is 4.07. The Labute approximate surface area is 165 Å². The van der Waals surface area contributed by atoms with Gasteiger partial charge in [-0.05, 0) is 74.5 Å². The van der Waals surface area contributed by atoms with E-state index in [0.29, 0.717) is 12.6 Å². The molecule has 0 unspecified atom stereocenters. The number of nitrogens with one attached hydrogen (secondary N) is 1. The van der Waals surface area contributed by atoms with E-state index in [1.807, 2.05) is 56.7 Å². The minimum atomic E-state index is 0.579. The van der Waals surface area contributed by atoms with Crippen molar-refractivity contribution in [3.63, 3.8) is 0 Å². The summed E-state index contributed by atoms with van der Waals surface area (Å²) in [7, 11) is 4.06. The van der Waals surface area contributed by atoms with E-state index in [0.717, 1.165) is 53.3 Å². The van der Waals surface area contributed by atoms with Crippen LogP contribution in [0.15, 0.2) is 48.7 Å². The molecule has 0 fully saturated rings. The van der Waals surface area contributed by atoms with Crippen LogP contribution < -0.4 is 15.8 Å². The fourth-order valence-corrected chi connectivity index (χ4v) is 3.29. The maximum absolute atomic E-state index is 5.99. The van der Waals surface area contributed by atoms with Crippen molar-refractivity contribution in [1.82, 2.24) is 14.9 Å². The van der Waals surface area contributed by atoms with Gasteiger partial charge in [0, 0.05) is 29.7 Å². The Bertz CT molecular complexity index is 969. The van der Waals surface area contributed by atoms with Crippen LogP contribution in [0, 0.1) is 0 Å². The molecule has 4 rings (SSSR count). The van der Waals surface area contributed by atoms with Crippen molar-refractivity contribution in [1.29, 1.82) is 0 Å². The minimum absolute atomic E-state index is 0.579. The zero-order chi connectivity index (χ0) is 19.5. The Morgan fingerprint density at radius 2 is 1.86 bits per heavy atom. The van der Waals surface area contributed by atoms with E-state index in [1.54, 1.807) is 0 Å². The van der Waals surface area contributed by atoms with Crippen LogP contribution in [0.5, 0.6) is 5.75 Å². The molecule has 144 valence electrons. The summed E-state index contributed by atoms with van der Waals surface area (Å²) in [6, 6.07) is 13.9. The van der Waals surface area contributed by atoms with Gasteiger partial charge in [0.05, 0.1) is 5.69 Å². The summed E-state index contributed by atoms with van der Waals surface area (Å²) in [6.45, 7) is 1.55. The first-order chi connectivity index (χ1) is 13.6. The average Bonchev–Trinajstić information content (AvgIpc) is 2.69. The Balaban J connectivity index is 1.50. The van der Waals surface area contributed by atoms with E-state index in [9.17, 15) is 0 Å². The number of nitrogens with zero attached hydrogens (tertiary/aromatic N) is 3. The van der Waals surface area contributed by atoms with Crippen molar-refractivity contribution < 1.29 is 4.74 Å². The largest absolute Gasteiger partial charge is 0.492 e. The summed E-state index contributed by atoms with van der Waals surface area (Å²) in [5.74, 6) is 1.43. The van der Waals surface area contributed by atoms with Gasteiger partial charge in [-0.2, -0.15) is 0 Å². The van der Waals surface area contributed by atoms with Gasteiger partial charge in [0.1, 0.15) is 12.4 Å². The minimum Gasteiger partial charge on any atom is -0.492 e. The van der Waals surface area contributed by atoms with Crippen molar-refractivity contribution in [2.24, 2.45) is 0 Å². The van der Waals surface area contributed by atoms with Gasteiger partial charge in [-0.15, -0.1) is 0 Å². The number of nitrogens with two attached hydrogens (primary N) is 1. The van der Waals surface area contributed by atoms with Crippen LogP contribution in [0.25, 0.3) is 11.3 Å². The quantitative estimate of drug-likeness (QED) is 0.642. The molecule has 0 spiro atoms. The molecule has 2 aromatic carbocycles. The zero-order valence-electron chi connectivity index (χ0n) is 16.3. The van der Waals surface area contributed by atoms with Gasteiger partial charge in [0.25, 0.3) is 0 Å². The Morgan fingerprint density at radius 3 is 2.64 bits per heavy atom. The molecule has 0 saturated carbocycles. The number of ether oxygens (including phenoxy) is 1. The molecule has 0 aliphatic heterocycles. The highest BCUT2D eigenvalue weighted by Gasteiger charge is 2.18. The molecular formula is C22H25N5O. The van der Waals surface area contributed by atoms with Gasteiger partial charge >= 0.3 is 0 Å². The van der Waals surface area contributed by atoms with Crippen molar-refractivity contribution >= 4 is 17.3 Å². The number of aromatic nitrogens is 2. The summed E-state index contributed by atoms with van der Waals surface area (Å²) in [6.07, 6.45) is 3.86. The number of anilines is 3. The topological polar surface area (TPSA) is 76.3 Å². The highest BCUT2D eigenvalue weighted by molar-refractivity contribution is 5.73. The van der Waals surface area contributed by atoms with Crippen LogP contribution >= 0.6 is 0 Å². The molecule has 0 atom stereocenters. The van der Waals surface area contributed by atoms with E-state index in [-0.39, 0.29) is 0 Å². The fourth-order valence-electron chi connectivity index (χ4n) is 3.29. The van der Waals surface area contributed by atoms with Crippen LogP contribution in [-0.4, -0.2) is 42.1 Å². The number of likely N-dealkylation sites (N-methyl/N-ethyl adjacent to an activating group) is 1. The van der Waals surface area contributed by atoms with Crippen LogP contribution in [0.1, 0.15) is 11.1 Å². The summed E-state index contributed by atoms with van der Waals surface area (Å²) < 4.78 is 5.73. The Hall–Kier alpha value is -3.12. The molecule has 6 nitrogen and oxygen atoms in total. The van der Waals surface area contributed by atoms with Crippen molar-refractivity contribution in [3.8, 4) is 17.0 Å². The molecule has 0 saturated heterocycles. The normalized spacial score (nSPS) is 12.4. The van der Waals surface area contributed by atoms with Gasteiger partial charge in [-0.25, -0.2) is 9.97 Å². The second-order valence-corrected chi connectivity index (χ2v) is 7.29. The third-order valence-electron chi connectivity index (χ3n) is 4.83. The molecule has 1 aromatic heterocycles. The lowest BCUT2D eigenvalue weighted by molar-refractivity contribution is 0.261. The van der Waals surface area contributed by atoms with Gasteiger partial charge in [-0.1, -0.05) is 6.07 Å². The lowest BCUT2D eigenvalue weighted by Gasteiger charge is -2.19. The molecule has 6 heteroatoms. The first-order valence-electron chi connectivity index (χ1n) is 9.48. The first-order valence-corrected chi connectivity index (χ1v) is 9.48. The van der Waals surface area contributed by atoms with Gasteiger partial charge in [-0.3, -0.25) is 0 Å². The van der Waals surface area contributed by atoms with Crippen LogP contribution in [-0.2, 0) is 12.8 Å². The van der Waals surface area contributed by atoms with Crippen molar-refractivity contribution in [3.05, 3.63) is 59.8 Å². The molecule has 0 radical (unpaired) electrons. The summed E-state index contributed by atoms with van der Waals surface area (Å²) in [4.78, 5) is 11.3. The number of hydrogen-bond acceptors (Lipinski definition) is 6. The Morgan fingerprint density at radius 1 is 1.07 bits per heavy atom. The molecule has 0 bridgehead atoms. The zero-order valence-corrected chi connectivity index (χ0v) is 16.3. The van der Waals surface area contributed by atoms with E-state index in [2.05, 4.69) is 21.3 Å². The molecular weight excluding hydrogens is 350 g/mol. The Kier molecular flexibility index (Phi) is 5.12. The summed E-state index contributed by atoms with van der Waals surface area (Å²) in [5.41, 5.74) is 12.2. The molecule has 28 heavy (non-hydrogen) atoms. The summed E-state index contributed by atoms with van der Waals surface area (Å²) >= 11 is 0. The second-order valence-electron chi connectivity index (χ2n) is 7.29. The SMILES string of the molecule is CN(C)CCOc1ccc(Nc2ncc3c(n2)-c2cc(N)ccc2CC3)cc1. The third-order valence-corrected chi connectivity index (χ3v) is 4.83. The van der Waals surface area contributed by atoms with E-state index < -0.39 is 0 Å². The van der Waals surface area contributed by atoms with Crippen LogP contribution in [0.4, 0.5) is 17.3 Å². The van der Waals surface area contributed by atoms with E-state index in [1.165, 1.54) is 5.56 Å². The van der Waals surface area contributed by atoms with Crippen LogP contribution in [0.3, 0.4) is 0 Å². The highest BCUT2D eigenvalue weighted by Crippen LogP contribution is 2.33. The number of nitrogen functional groups attached to an aromatic ring is 1. The van der Waals surface area contributed by atoms with Crippen molar-refractivity contribution in [2.45, 2.75) is 12.8 Å². The molecule has 3 aromatic rings. The van der Waals surface area contributed by atoms with Gasteiger partial charge in [0.15, 0.2) is 0 Å². The smallest absolute Gasteiger partial charge is 0.227 e. The molecule has 1 heterocycles. The number of benzene rings is 2. The van der Waals surface area contributed by atoms with Crippen LogP contribution in [0.2, 0.25) is 0 Å². The predicted octanol–water partition coefficient (Wildman–Crippen LogP) is 3.51. The lowest BCUT2D eigenvalue weighted by Crippen LogP contribution is -2.19. The van der Waals surface area contributed by atoms with Crippen molar-refractivity contribution in [2.75, 3.05) is 38.3 Å². The highest BCUT2D eigenvalue weighted by atomic mass is 16.5. The number of aryl methyl sites for hydroxylation is 2. The fraction of sp³-hybridized carbons (Fsp3) is 0.273. The second kappa shape index (κ2) is 7.86. The standard InChI is InChI=1S/C22H25N5O/c1-27(2)11-12-28-19-9-7-18(8-10-19)25-22-24-14-16-4-3-15-5-6-17(23)13-20(15)21(16)26-22/h5-10,13-14H,3-4,11-12,23H2,1-2H3,(H,24,25,26). The van der Waals surface area contributed by atoms with E-state index in [4.69, 9.17) is 15.5 Å². The monoisotopic (exact) mass is 375 g/mol. The molecule has 1 aliphatic carbocycles. The lowest BCUT2D eigenvalue weighted by atomic mass is 9.89. The molecule has 3 N–H and O–H groups in total. The maximum atomic E-state index is 5.99. The predicted molar refractivity (Wildman–Crippen MR) is 113 cm³/mol. The number of rotatable bonds is 6. The summed E-state index contributed by atoms with van der Waals surface area (Å²) in [5, 5.41) is 3.28. The molecule has 1 aliphatic rings. The van der Waals surface area contributed by atoms with Gasteiger partial charge in [0.2, 0.25) is 5.95 Å².